The summed E-state index contributed by atoms with van der Waals surface area (Å²) in [6, 6.07) is 21.0. The van der Waals surface area contributed by atoms with Crippen LogP contribution >= 0.6 is 23.2 Å². The van der Waals surface area contributed by atoms with Crippen molar-refractivity contribution < 1.29 is 4.79 Å². The summed E-state index contributed by atoms with van der Waals surface area (Å²) < 4.78 is 0. The number of Topliss-reactive ketones (excluding diaryl/α,β-unsaturated/α-hetero) is 1. The number of aromatic nitrogens is 2. The summed E-state index contributed by atoms with van der Waals surface area (Å²) in [5.74, 6) is 1.05. The van der Waals surface area contributed by atoms with Crippen LogP contribution in [-0.4, -0.2) is 28.3 Å². The van der Waals surface area contributed by atoms with E-state index in [0.29, 0.717) is 15.9 Å². The maximum absolute atomic E-state index is 12.8. The molecule has 4 aromatic rings. The van der Waals surface area contributed by atoms with Crippen molar-refractivity contribution in [3.8, 4) is 0 Å². The molecule has 2 atom stereocenters. The van der Waals surface area contributed by atoms with E-state index in [4.69, 9.17) is 33.2 Å². The van der Waals surface area contributed by atoms with Gasteiger partial charge in [-0.25, -0.2) is 9.97 Å². The van der Waals surface area contributed by atoms with Crippen molar-refractivity contribution in [1.29, 1.82) is 0 Å². The molecule has 5 nitrogen and oxygen atoms in total. The predicted octanol–water partition coefficient (Wildman–Crippen LogP) is 6.17. The van der Waals surface area contributed by atoms with Crippen LogP contribution in [0.25, 0.3) is 11.0 Å². The zero-order valence-corrected chi connectivity index (χ0v) is 19.1. The van der Waals surface area contributed by atoms with Gasteiger partial charge in [-0.05, 0) is 60.4 Å². The zero-order chi connectivity index (χ0) is 22.5. The van der Waals surface area contributed by atoms with Gasteiger partial charge in [-0.1, -0.05) is 53.5 Å². The predicted molar refractivity (Wildman–Crippen MR) is 133 cm³/mol. The third-order valence-corrected chi connectivity index (χ3v) is 6.92. The molecule has 0 radical (unpaired) electrons. The molecule has 1 N–H and O–H groups in total. The monoisotopic (exact) mass is 474 g/mol. The van der Waals surface area contributed by atoms with Crippen LogP contribution in [0.2, 0.25) is 10.0 Å². The van der Waals surface area contributed by atoms with Gasteiger partial charge in [0.2, 0.25) is 0 Å². The Labute approximate surface area is 201 Å². The van der Waals surface area contributed by atoms with E-state index in [1.54, 1.807) is 18.2 Å². The minimum atomic E-state index is -0.421. The standard InChI is InChI=1S/C26H20Cl2N4O/c27-16-11-12-18(28)17(14-16)22-23(24(22)33)31-25-26(30-20-9-3-2-8-19(20)29-25)32-13-5-7-15-6-1-4-10-21(15)32/h1-4,6,8-12,14,22-23H,5,7,13H2,(H,29,31). The van der Waals surface area contributed by atoms with Gasteiger partial charge in [-0.3, -0.25) is 4.79 Å². The summed E-state index contributed by atoms with van der Waals surface area (Å²) in [6.07, 6.45) is 2.06. The van der Waals surface area contributed by atoms with Crippen molar-refractivity contribution in [3.63, 3.8) is 0 Å². The number of benzene rings is 3. The number of para-hydroxylation sites is 3. The second-order valence-corrected chi connectivity index (χ2v) is 9.28. The molecular formula is C26H20Cl2N4O. The van der Waals surface area contributed by atoms with Gasteiger partial charge in [-0.2, -0.15) is 0 Å². The molecule has 1 aliphatic carbocycles. The first kappa shape index (κ1) is 20.5. The van der Waals surface area contributed by atoms with E-state index >= 15 is 0 Å². The third-order valence-electron chi connectivity index (χ3n) is 6.34. The van der Waals surface area contributed by atoms with Gasteiger partial charge >= 0.3 is 0 Å². The number of halogens is 2. The van der Waals surface area contributed by atoms with Gasteiger partial charge in [0.15, 0.2) is 17.4 Å². The zero-order valence-electron chi connectivity index (χ0n) is 17.6. The van der Waals surface area contributed by atoms with Gasteiger partial charge in [0, 0.05) is 22.3 Å². The van der Waals surface area contributed by atoms with E-state index < -0.39 is 6.04 Å². The quantitative estimate of drug-likeness (QED) is 0.383. The van der Waals surface area contributed by atoms with Crippen molar-refractivity contribution in [1.82, 2.24) is 9.97 Å². The van der Waals surface area contributed by atoms with Gasteiger partial charge in [0.25, 0.3) is 0 Å². The molecule has 6 rings (SSSR count). The minimum absolute atomic E-state index is 0.0686. The van der Waals surface area contributed by atoms with E-state index in [1.807, 2.05) is 30.3 Å². The van der Waals surface area contributed by atoms with Gasteiger partial charge in [0.1, 0.15) is 6.04 Å². The fraction of sp³-hybridized carbons (Fsp3) is 0.192. The maximum atomic E-state index is 12.8. The highest BCUT2D eigenvalue weighted by Crippen LogP contribution is 2.44. The fourth-order valence-electron chi connectivity index (χ4n) is 4.66. The lowest BCUT2D eigenvalue weighted by Crippen LogP contribution is -2.27. The van der Waals surface area contributed by atoms with E-state index in [1.165, 1.54) is 5.56 Å². The second kappa shape index (κ2) is 8.01. The summed E-state index contributed by atoms with van der Waals surface area (Å²) in [4.78, 5) is 24.9. The van der Waals surface area contributed by atoms with Crippen molar-refractivity contribution in [2.45, 2.75) is 24.8 Å². The Bertz CT molecular complexity index is 1410. The average Bonchev–Trinajstić information content (AvgIpc) is 3.47. The Hall–Kier alpha value is -3.15. The summed E-state index contributed by atoms with van der Waals surface area (Å²) >= 11 is 12.5. The Morgan fingerprint density at radius 1 is 0.939 bits per heavy atom. The number of aryl methyl sites for hydroxylation is 1. The van der Waals surface area contributed by atoms with Crippen LogP contribution in [0.5, 0.6) is 0 Å². The van der Waals surface area contributed by atoms with Crippen LogP contribution in [0.4, 0.5) is 17.3 Å². The van der Waals surface area contributed by atoms with E-state index in [0.717, 1.165) is 47.5 Å². The number of ketones is 1. The number of carbonyl (C=O) groups is 1. The summed E-state index contributed by atoms with van der Waals surface area (Å²) in [7, 11) is 0. The number of rotatable bonds is 4. The van der Waals surface area contributed by atoms with Crippen molar-refractivity contribution >= 4 is 57.3 Å². The fourth-order valence-corrected chi connectivity index (χ4v) is 5.07. The van der Waals surface area contributed by atoms with E-state index in [2.05, 4.69) is 28.4 Å². The van der Waals surface area contributed by atoms with Gasteiger partial charge in [-0.15, -0.1) is 0 Å². The highest BCUT2D eigenvalue weighted by molar-refractivity contribution is 6.34. The van der Waals surface area contributed by atoms with Crippen LogP contribution in [0.3, 0.4) is 0 Å². The topological polar surface area (TPSA) is 58.1 Å². The first-order valence-corrected chi connectivity index (χ1v) is 11.7. The molecule has 1 aliphatic heterocycles. The highest BCUT2D eigenvalue weighted by atomic mass is 35.5. The lowest BCUT2D eigenvalue weighted by molar-refractivity contribution is -0.110. The van der Waals surface area contributed by atoms with Gasteiger partial charge < -0.3 is 10.2 Å². The summed E-state index contributed by atoms with van der Waals surface area (Å²) in [5, 5.41) is 4.48. The molecule has 1 fully saturated rings. The number of nitrogens with zero attached hydrogens (tertiary/aromatic N) is 3. The third kappa shape index (κ3) is 3.62. The molecule has 33 heavy (non-hydrogen) atoms. The van der Waals surface area contributed by atoms with E-state index in [-0.39, 0.29) is 11.7 Å². The SMILES string of the molecule is O=C1C(Nc2nc3ccccc3nc2N2CCCc3ccccc32)C1c1cc(Cl)ccc1Cl. The molecule has 2 heterocycles. The minimum Gasteiger partial charge on any atom is -0.356 e. The lowest BCUT2D eigenvalue weighted by atomic mass is 10.0. The highest BCUT2D eigenvalue weighted by Gasteiger charge is 2.52. The Kier molecular flexibility index (Phi) is 4.97. The lowest BCUT2D eigenvalue weighted by Gasteiger charge is -2.31. The summed E-state index contributed by atoms with van der Waals surface area (Å²) in [6.45, 7) is 0.834. The number of anilines is 3. The Morgan fingerprint density at radius 3 is 2.55 bits per heavy atom. The Morgan fingerprint density at radius 2 is 1.70 bits per heavy atom. The average molecular weight is 475 g/mol. The number of nitrogens with one attached hydrogen (secondary N) is 1. The van der Waals surface area contributed by atoms with Crippen LogP contribution in [0.15, 0.2) is 66.7 Å². The molecule has 2 unspecified atom stereocenters. The first-order chi connectivity index (χ1) is 16.1. The van der Waals surface area contributed by atoms with E-state index in [9.17, 15) is 4.79 Å². The molecule has 2 aliphatic rings. The maximum Gasteiger partial charge on any atom is 0.176 e. The molecule has 0 saturated heterocycles. The van der Waals surface area contributed by atoms with Crippen LogP contribution in [0.1, 0.15) is 23.5 Å². The number of hydrogen-bond donors (Lipinski definition) is 1. The molecule has 1 saturated carbocycles. The summed E-state index contributed by atoms with van der Waals surface area (Å²) in [5.41, 5.74) is 4.76. The molecule has 1 aromatic heterocycles. The smallest absolute Gasteiger partial charge is 0.176 e. The van der Waals surface area contributed by atoms with Crippen LogP contribution in [0, 0.1) is 0 Å². The van der Waals surface area contributed by atoms with Crippen molar-refractivity contribution in [3.05, 3.63) is 87.9 Å². The first-order valence-electron chi connectivity index (χ1n) is 11.0. The molecule has 7 heteroatoms. The number of carbonyl (C=O) groups excluding carboxylic acids is 1. The molecule has 164 valence electrons. The van der Waals surface area contributed by atoms with Crippen molar-refractivity contribution in [2.24, 2.45) is 0 Å². The number of fused-ring (bicyclic) bond motifs is 2. The Balaban J connectivity index is 1.42. The van der Waals surface area contributed by atoms with Gasteiger partial charge in [0.05, 0.1) is 17.0 Å². The second-order valence-electron chi connectivity index (χ2n) is 8.44. The largest absolute Gasteiger partial charge is 0.356 e. The number of hydrogen-bond acceptors (Lipinski definition) is 5. The van der Waals surface area contributed by atoms with Crippen molar-refractivity contribution in [2.75, 3.05) is 16.8 Å². The molecule has 0 bridgehead atoms. The van der Waals surface area contributed by atoms with Crippen LogP contribution < -0.4 is 10.2 Å². The van der Waals surface area contributed by atoms with Crippen LogP contribution in [-0.2, 0) is 11.2 Å². The molecule has 3 aromatic carbocycles. The molecule has 0 amide bonds. The normalized spacial score (nSPS) is 19.5. The molecule has 0 spiro atoms. The molecular weight excluding hydrogens is 455 g/mol.